The highest BCUT2D eigenvalue weighted by atomic mass is 32.1. The van der Waals surface area contributed by atoms with E-state index >= 15 is 0 Å². The van der Waals surface area contributed by atoms with Crippen molar-refractivity contribution in [3.63, 3.8) is 0 Å². The molecule has 0 N–H and O–H groups in total. The van der Waals surface area contributed by atoms with E-state index in [1.54, 1.807) is 0 Å². The Bertz CT molecular complexity index is 1980. The third-order valence-electron chi connectivity index (χ3n) is 6.94. The first kappa shape index (κ1) is 21.7. The van der Waals surface area contributed by atoms with Crippen LogP contribution < -0.4 is 0 Å². The predicted molar refractivity (Wildman–Crippen MR) is 160 cm³/mol. The molecule has 0 saturated carbocycles. The van der Waals surface area contributed by atoms with E-state index in [9.17, 15) is 0 Å². The monoisotopic (exact) mass is 493 g/mol. The van der Waals surface area contributed by atoms with E-state index in [1.165, 1.54) is 42.0 Å². The van der Waals surface area contributed by atoms with Crippen molar-refractivity contribution in [2.24, 2.45) is 9.98 Å². The SMILES string of the molecule is C=N/C(=N\Cc1cccc(-n2c3ccccc3c3ccc4c5ccccc5sc4c32)c1)c1ccccc1. The second-order valence-corrected chi connectivity index (χ2v) is 10.2. The summed E-state index contributed by atoms with van der Waals surface area (Å²) >= 11 is 1.87. The average Bonchev–Trinajstić information content (AvgIpc) is 3.50. The van der Waals surface area contributed by atoms with Gasteiger partial charge in [-0.05, 0) is 36.5 Å². The topological polar surface area (TPSA) is 29.6 Å². The molecule has 0 saturated heterocycles. The van der Waals surface area contributed by atoms with Gasteiger partial charge in [0.1, 0.15) is 0 Å². The molecule has 7 rings (SSSR count). The molecule has 0 aliphatic heterocycles. The summed E-state index contributed by atoms with van der Waals surface area (Å²) in [6, 6.07) is 40.6. The number of aliphatic imine (C=N–C) groups is 2. The molecule has 0 radical (unpaired) electrons. The zero-order valence-corrected chi connectivity index (χ0v) is 21.0. The van der Waals surface area contributed by atoms with Gasteiger partial charge in [0.05, 0.1) is 22.3 Å². The van der Waals surface area contributed by atoms with Crippen LogP contribution in [0, 0.1) is 0 Å². The summed E-state index contributed by atoms with van der Waals surface area (Å²) in [5.41, 5.74) is 5.71. The van der Waals surface area contributed by atoms with Gasteiger partial charge in [-0.3, -0.25) is 4.99 Å². The van der Waals surface area contributed by atoms with Gasteiger partial charge in [-0.15, -0.1) is 11.3 Å². The summed E-state index contributed by atoms with van der Waals surface area (Å²) in [5, 5.41) is 5.17. The molecule has 0 aliphatic carbocycles. The number of hydrogen-bond donors (Lipinski definition) is 0. The van der Waals surface area contributed by atoms with Gasteiger partial charge in [-0.2, -0.15) is 0 Å². The Morgan fingerprint density at radius 1 is 0.703 bits per heavy atom. The van der Waals surface area contributed by atoms with Gasteiger partial charge in [0.2, 0.25) is 0 Å². The molecule has 0 amide bonds. The molecular formula is C33H23N3S. The standard InChI is InChI=1S/C33H23N3S/c1-34-33(23-11-3-2-4-12-23)35-21-22-10-9-13-24(20-22)36-29-16-7-5-14-25(29)27-18-19-28-26-15-6-8-17-30(26)37-32(28)31(27)36/h2-20H,1,21H2/b35-33-. The largest absolute Gasteiger partial charge is 0.308 e. The lowest BCUT2D eigenvalue weighted by molar-refractivity contribution is 1.05. The molecule has 2 heterocycles. The first-order valence-corrected chi connectivity index (χ1v) is 13.1. The highest BCUT2D eigenvalue weighted by Gasteiger charge is 2.17. The zero-order valence-electron chi connectivity index (χ0n) is 20.1. The van der Waals surface area contributed by atoms with E-state index in [2.05, 4.69) is 101 Å². The summed E-state index contributed by atoms with van der Waals surface area (Å²) < 4.78 is 5.05. The first-order valence-electron chi connectivity index (χ1n) is 12.3. The Morgan fingerprint density at radius 3 is 2.32 bits per heavy atom. The molecule has 0 spiro atoms. The van der Waals surface area contributed by atoms with Crippen LogP contribution in [-0.2, 0) is 6.54 Å². The molecule has 7 aromatic rings. The Balaban J connectivity index is 1.43. The highest BCUT2D eigenvalue weighted by molar-refractivity contribution is 7.26. The van der Waals surface area contributed by atoms with Crippen molar-refractivity contribution < 1.29 is 0 Å². The van der Waals surface area contributed by atoms with Crippen LogP contribution in [0.2, 0.25) is 0 Å². The third-order valence-corrected chi connectivity index (χ3v) is 8.13. The fourth-order valence-corrected chi connectivity index (χ4v) is 6.52. The average molecular weight is 494 g/mol. The molecule has 5 aromatic carbocycles. The second kappa shape index (κ2) is 8.84. The van der Waals surface area contributed by atoms with Crippen LogP contribution in [0.1, 0.15) is 11.1 Å². The molecule has 176 valence electrons. The van der Waals surface area contributed by atoms with Crippen LogP contribution in [0.3, 0.4) is 0 Å². The summed E-state index contributed by atoms with van der Waals surface area (Å²) in [4.78, 5) is 8.97. The normalized spacial score (nSPS) is 12.2. The number of amidine groups is 1. The molecule has 4 heteroatoms. The highest BCUT2D eigenvalue weighted by Crippen LogP contribution is 2.42. The molecular weight excluding hydrogens is 470 g/mol. The first-order chi connectivity index (χ1) is 18.3. The summed E-state index contributed by atoms with van der Waals surface area (Å²) in [7, 11) is 0. The van der Waals surface area contributed by atoms with Gasteiger partial charge in [-0.1, -0.05) is 91.0 Å². The number of thiophene rings is 1. The van der Waals surface area contributed by atoms with Crippen molar-refractivity contribution in [3.05, 3.63) is 126 Å². The lowest BCUT2D eigenvalue weighted by Gasteiger charge is -2.10. The Kier molecular flexibility index (Phi) is 5.19. The number of aromatic nitrogens is 1. The van der Waals surface area contributed by atoms with Crippen LogP contribution in [-0.4, -0.2) is 17.1 Å². The maximum absolute atomic E-state index is 4.79. The van der Waals surface area contributed by atoms with Crippen molar-refractivity contribution in [2.45, 2.75) is 6.54 Å². The molecule has 37 heavy (non-hydrogen) atoms. The minimum Gasteiger partial charge on any atom is -0.308 e. The number of rotatable bonds is 4. The van der Waals surface area contributed by atoms with E-state index in [1.807, 2.05) is 41.7 Å². The van der Waals surface area contributed by atoms with Crippen LogP contribution in [0.15, 0.2) is 125 Å². The van der Waals surface area contributed by atoms with Crippen molar-refractivity contribution in [2.75, 3.05) is 0 Å². The van der Waals surface area contributed by atoms with Gasteiger partial charge in [0, 0.05) is 37.5 Å². The fraction of sp³-hybridized carbons (Fsp3) is 0.0303. The smallest absolute Gasteiger partial charge is 0.154 e. The molecule has 0 bridgehead atoms. The molecule has 0 atom stereocenters. The van der Waals surface area contributed by atoms with Crippen molar-refractivity contribution in [3.8, 4) is 5.69 Å². The lowest BCUT2D eigenvalue weighted by Crippen LogP contribution is -1.98. The number of nitrogens with zero attached hydrogens (tertiary/aromatic N) is 3. The number of hydrogen-bond acceptors (Lipinski definition) is 2. The number of fused-ring (bicyclic) bond motifs is 7. The minimum atomic E-state index is 0.534. The van der Waals surface area contributed by atoms with Crippen molar-refractivity contribution >= 4 is 65.9 Å². The van der Waals surface area contributed by atoms with Crippen LogP contribution in [0.25, 0.3) is 47.7 Å². The van der Waals surface area contributed by atoms with Gasteiger partial charge in [0.25, 0.3) is 0 Å². The molecule has 0 fully saturated rings. The number of benzene rings is 5. The molecule has 3 nitrogen and oxygen atoms in total. The van der Waals surface area contributed by atoms with E-state index in [4.69, 9.17) is 4.99 Å². The number of para-hydroxylation sites is 1. The fourth-order valence-electron chi connectivity index (χ4n) is 5.28. The maximum atomic E-state index is 4.79. The Labute approximate surface area is 218 Å². The van der Waals surface area contributed by atoms with Gasteiger partial charge < -0.3 is 4.57 Å². The van der Waals surface area contributed by atoms with Crippen molar-refractivity contribution in [1.29, 1.82) is 0 Å². The van der Waals surface area contributed by atoms with Gasteiger partial charge in [0.15, 0.2) is 5.84 Å². The van der Waals surface area contributed by atoms with Crippen molar-refractivity contribution in [1.82, 2.24) is 4.57 Å². The van der Waals surface area contributed by atoms with E-state index in [0.29, 0.717) is 12.4 Å². The van der Waals surface area contributed by atoms with Crippen LogP contribution >= 0.6 is 11.3 Å². The maximum Gasteiger partial charge on any atom is 0.154 e. The quantitative estimate of drug-likeness (QED) is 0.173. The van der Waals surface area contributed by atoms with Crippen LogP contribution in [0.5, 0.6) is 0 Å². The molecule has 0 aliphatic rings. The summed E-state index contributed by atoms with van der Waals surface area (Å²) in [6.07, 6.45) is 0. The van der Waals surface area contributed by atoms with Crippen LogP contribution in [0.4, 0.5) is 0 Å². The Morgan fingerprint density at radius 2 is 1.46 bits per heavy atom. The third kappa shape index (κ3) is 3.57. The second-order valence-electron chi connectivity index (χ2n) is 9.12. The lowest BCUT2D eigenvalue weighted by atomic mass is 10.1. The summed E-state index contributed by atoms with van der Waals surface area (Å²) in [5.74, 6) is 0.662. The van der Waals surface area contributed by atoms with Gasteiger partial charge in [-0.25, -0.2) is 4.99 Å². The van der Waals surface area contributed by atoms with E-state index in [0.717, 1.165) is 16.8 Å². The van der Waals surface area contributed by atoms with E-state index in [-0.39, 0.29) is 0 Å². The Hall–Kier alpha value is -4.54. The molecule has 0 unspecified atom stereocenters. The molecule has 2 aromatic heterocycles. The zero-order chi connectivity index (χ0) is 24.8. The van der Waals surface area contributed by atoms with E-state index < -0.39 is 0 Å². The van der Waals surface area contributed by atoms with Gasteiger partial charge >= 0.3 is 0 Å². The summed E-state index contributed by atoms with van der Waals surface area (Å²) in [6.45, 7) is 4.27. The minimum absolute atomic E-state index is 0.534. The predicted octanol–water partition coefficient (Wildman–Crippen LogP) is 8.80.